The number of piperidine rings is 1. The van der Waals surface area contributed by atoms with E-state index in [0.29, 0.717) is 11.8 Å². The second-order valence-electron chi connectivity index (χ2n) is 8.01. The van der Waals surface area contributed by atoms with Crippen molar-refractivity contribution in [3.63, 3.8) is 0 Å². The minimum atomic E-state index is -0.452. The van der Waals surface area contributed by atoms with Gasteiger partial charge in [0, 0.05) is 32.5 Å². The number of amides is 1. The molecule has 27 heavy (non-hydrogen) atoms. The van der Waals surface area contributed by atoms with E-state index in [-0.39, 0.29) is 0 Å². The third-order valence-electron chi connectivity index (χ3n) is 6.22. The van der Waals surface area contributed by atoms with Crippen LogP contribution in [0.5, 0.6) is 5.75 Å². The summed E-state index contributed by atoms with van der Waals surface area (Å²) in [4.78, 5) is 15.6. The second-order valence-corrected chi connectivity index (χ2v) is 8.01. The number of nitrogens with one attached hydrogen (secondary N) is 1. The van der Waals surface area contributed by atoms with Crippen LogP contribution in [0.4, 0.5) is 5.69 Å². The molecule has 1 aromatic rings. The molecule has 1 aliphatic heterocycles. The number of nitrogens with zero attached hydrogens (tertiary/aromatic N) is 1. The largest absolute Gasteiger partial charge is 0.497 e. The third-order valence-corrected chi connectivity index (χ3v) is 6.22. The van der Waals surface area contributed by atoms with Crippen molar-refractivity contribution in [1.82, 2.24) is 4.90 Å². The van der Waals surface area contributed by atoms with E-state index in [1.54, 1.807) is 14.2 Å². The van der Waals surface area contributed by atoms with Crippen molar-refractivity contribution in [3.05, 3.63) is 24.3 Å². The molecule has 5 heteroatoms. The van der Waals surface area contributed by atoms with Gasteiger partial charge in [-0.25, -0.2) is 0 Å². The van der Waals surface area contributed by atoms with Gasteiger partial charge in [0.2, 0.25) is 5.91 Å². The molecule has 3 rings (SSSR count). The summed E-state index contributed by atoms with van der Waals surface area (Å²) in [5.41, 5.74) is 0.549. The van der Waals surface area contributed by atoms with E-state index in [0.717, 1.165) is 76.1 Å². The lowest BCUT2D eigenvalue weighted by Crippen LogP contribution is -2.56. The van der Waals surface area contributed by atoms with E-state index < -0.39 is 5.54 Å². The molecule has 5 nitrogen and oxygen atoms in total. The first-order chi connectivity index (χ1) is 13.2. The molecule has 1 heterocycles. The van der Waals surface area contributed by atoms with Gasteiger partial charge < -0.3 is 19.7 Å². The number of ether oxygens (including phenoxy) is 2. The lowest BCUT2D eigenvalue weighted by atomic mass is 9.79. The fraction of sp³-hybridized carbons (Fsp3) is 0.682. The molecule has 0 bridgehead atoms. The quantitative estimate of drug-likeness (QED) is 0.781. The smallest absolute Gasteiger partial charge is 0.248 e. The predicted molar refractivity (Wildman–Crippen MR) is 108 cm³/mol. The highest BCUT2D eigenvalue weighted by atomic mass is 16.5. The summed E-state index contributed by atoms with van der Waals surface area (Å²) in [6.45, 7) is 2.57. The normalized spacial score (nSPS) is 20.3. The van der Waals surface area contributed by atoms with E-state index in [4.69, 9.17) is 9.47 Å². The van der Waals surface area contributed by atoms with Gasteiger partial charge >= 0.3 is 0 Å². The molecule has 1 saturated carbocycles. The van der Waals surface area contributed by atoms with Crippen molar-refractivity contribution in [2.45, 2.75) is 56.9 Å². The molecule has 1 aliphatic carbocycles. The third kappa shape index (κ3) is 4.95. The topological polar surface area (TPSA) is 50.8 Å². The predicted octanol–water partition coefficient (Wildman–Crippen LogP) is 4.09. The summed E-state index contributed by atoms with van der Waals surface area (Å²) in [7, 11) is 3.43. The van der Waals surface area contributed by atoms with E-state index >= 15 is 0 Å². The number of carbonyl (C=O) groups excluding carboxylic acids is 1. The molecule has 1 aromatic carbocycles. The lowest BCUT2D eigenvalue weighted by Gasteiger charge is -2.43. The first-order valence-electron chi connectivity index (χ1n) is 10.4. The highest BCUT2D eigenvalue weighted by Crippen LogP contribution is 2.35. The van der Waals surface area contributed by atoms with Gasteiger partial charge in [-0.2, -0.15) is 0 Å². The van der Waals surface area contributed by atoms with Crippen LogP contribution in [0.1, 0.15) is 51.4 Å². The molecule has 0 unspecified atom stereocenters. The van der Waals surface area contributed by atoms with Crippen molar-refractivity contribution >= 4 is 11.6 Å². The van der Waals surface area contributed by atoms with Crippen LogP contribution < -0.4 is 10.1 Å². The number of methoxy groups -OCH3 is 2. The maximum Gasteiger partial charge on any atom is 0.248 e. The fourth-order valence-electron chi connectivity index (χ4n) is 4.51. The molecule has 1 saturated heterocycles. The van der Waals surface area contributed by atoms with Crippen molar-refractivity contribution in [2.75, 3.05) is 39.2 Å². The maximum absolute atomic E-state index is 13.5. The summed E-state index contributed by atoms with van der Waals surface area (Å²) in [6.07, 6.45) is 8.56. The summed E-state index contributed by atoms with van der Waals surface area (Å²) in [6, 6.07) is 7.92. The van der Waals surface area contributed by atoms with Gasteiger partial charge in [0.05, 0.1) is 7.11 Å². The maximum atomic E-state index is 13.5. The molecule has 1 N–H and O–H groups in total. The van der Waals surface area contributed by atoms with Crippen LogP contribution in [0.15, 0.2) is 24.3 Å². The Bertz CT molecular complexity index is 588. The Balaban J connectivity index is 1.67. The average molecular weight is 375 g/mol. The zero-order valence-corrected chi connectivity index (χ0v) is 16.8. The van der Waals surface area contributed by atoms with Gasteiger partial charge in [0.15, 0.2) is 0 Å². The standard InChI is InChI=1S/C22H34N2O3/c1-26-17-12-18-10-15-24(16-11-18)21(25)22(13-4-3-5-14-22)23-19-6-8-20(27-2)9-7-19/h6-9,18,23H,3-5,10-17H2,1-2H3. The monoisotopic (exact) mass is 374 g/mol. The number of hydrogen-bond donors (Lipinski definition) is 1. The average Bonchev–Trinajstić information content (AvgIpc) is 2.73. The van der Waals surface area contributed by atoms with Gasteiger partial charge in [-0.05, 0) is 62.3 Å². The van der Waals surface area contributed by atoms with Gasteiger partial charge in [0.25, 0.3) is 0 Å². The molecule has 150 valence electrons. The summed E-state index contributed by atoms with van der Waals surface area (Å²) < 4.78 is 10.5. The van der Waals surface area contributed by atoms with E-state index in [1.165, 1.54) is 6.42 Å². The van der Waals surface area contributed by atoms with Gasteiger partial charge in [0.1, 0.15) is 11.3 Å². The van der Waals surface area contributed by atoms with Crippen LogP contribution in [-0.2, 0) is 9.53 Å². The Hall–Kier alpha value is -1.75. The molecule has 2 aliphatic rings. The molecule has 2 fully saturated rings. The number of likely N-dealkylation sites (tertiary alicyclic amines) is 1. The fourth-order valence-corrected chi connectivity index (χ4v) is 4.51. The Morgan fingerprint density at radius 3 is 2.37 bits per heavy atom. The summed E-state index contributed by atoms with van der Waals surface area (Å²) >= 11 is 0. The number of hydrogen-bond acceptors (Lipinski definition) is 4. The van der Waals surface area contributed by atoms with Crippen molar-refractivity contribution in [3.8, 4) is 5.75 Å². The Morgan fingerprint density at radius 1 is 1.11 bits per heavy atom. The van der Waals surface area contributed by atoms with Crippen LogP contribution in [0, 0.1) is 5.92 Å². The zero-order valence-electron chi connectivity index (χ0n) is 16.8. The first kappa shape index (κ1) is 20.0. The molecular weight excluding hydrogens is 340 g/mol. The second kappa shape index (κ2) is 9.45. The van der Waals surface area contributed by atoms with Crippen molar-refractivity contribution < 1.29 is 14.3 Å². The summed E-state index contributed by atoms with van der Waals surface area (Å²) in [5, 5.41) is 3.62. The summed E-state index contributed by atoms with van der Waals surface area (Å²) in [5.74, 6) is 1.82. The van der Waals surface area contributed by atoms with E-state index in [9.17, 15) is 4.79 Å². The van der Waals surface area contributed by atoms with Gasteiger partial charge in [-0.1, -0.05) is 19.3 Å². The van der Waals surface area contributed by atoms with Crippen LogP contribution in [0.3, 0.4) is 0 Å². The van der Waals surface area contributed by atoms with Crippen LogP contribution in [0.25, 0.3) is 0 Å². The Kier molecular flexibility index (Phi) is 7.00. The molecule has 1 amide bonds. The number of benzene rings is 1. The lowest BCUT2D eigenvalue weighted by molar-refractivity contribution is -0.138. The molecule has 0 radical (unpaired) electrons. The van der Waals surface area contributed by atoms with E-state index in [1.807, 2.05) is 24.3 Å². The SMILES string of the molecule is COCCC1CCN(C(=O)C2(Nc3ccc(OC)cc3)CCCCC2)CC1. The van der Waals surface area contributed by atoms with Crippen LogP contribution >= 0.6 is 0 Å². The first-order valence-corrected chi connectivity index (χ1v) is 10.4. The molecule has 0 spiro atoms. The Morgan fingerprint density at radius 2 is 1.78 bits per heavy atom. The van der Waals surface area contributed by atoms with Crippen LogP contribution in [-0.4, -0.2) is 50.3 Å². The molecule has 0 aromatic heterocycles. The highest BCUT2D eigenvalue weighted by Gasteiger charge is 2.42. The van der Waals surface area contributed by atoms with Gasteiger partial charge in [-0.3, -0.25) is 4.79 Å². The number of rotatable bonds is 7. The van der Waals surface area contributed by atoms with Gasteiger partial charge in [-0.15, -0.1) is 0 Å². The van der Waals surface area contributed by atoms with Crippen molar-refractivity contribution in [1.29, 1.82) is 0 Å². The minimum absolute atomic E-state index is 0.295. The molecule has 0 atom stereocenters. The molecular formula is C22H34N2O3. The number of anilines is 1. The number of carbonyl (C=O) groups is 1. The van der Waals surface area contributed by atoms with Crippen LogP contribution in [0.2, 0.25) is 0 Å². The minimum Gasteiger partial charge on any atom is -0.497 e. The zero-order chi connectivity index (χ0) is 19.1. The highest BCUT2D eigenvalue weighted by molar-refractivity contribution is 5.89. The van der Waals surface area contributed by atoms with Crippen molar-refractivity contribution in [2.24, 2.45) is 5.92 Å². The Labute approximate surface area is 163 Å². The van der Waals surface area contributed by atoms with E-state index in [2.05, 4.69) is 10.2 Å².